The molecule has 1 unspecified atom stereocenters. The van der Waals surface area contributed by atoms with Gasteiger partial charge < -0.3 is 20.6 Å². The molecule has 0 radical (unpaired) electrons. The first kappa shape index (κ1) is 19.1. The van der Waals surface area contributed by atoms with E-state index in [4.69, 9.17) is 4.99 Å². The number of anilines is 1. The van der Waals surface area contributed by atoms with Gasteiger partial charge in [-0.15, -0.1) is 0 Å². The third-order valence-electron chi connectivity index (χ3n) is 4.85. The van der Waals surface area contributed by atoms with E-state index in [-0.39, 0.29) is 0 Å². The molecule has 0 bridgehead atoms. The normalized spacial score (nSPS) is 17.2. The fourth-order valence-corrected chi connectivity index (χ4v) is 3.39. The van der Waals surface area contributed by atoms with Crippen LogP contribution in [0.1, 0.15) is 24.5 Å². The highest BCUT2D eigenvalue weighted by atomic mass is 16.3. The van der Waals surface area contributed by atoms with Gasteiger partial charge in [-0.3, -0.25) is 4.99 Å². The fraction of sp³-hybridized carbons (Fsp3) is 0.409. The van der Waals surface area contributed by atoms with Crippen LogP contribution in [-0.4, -0.2) is 43.3 Å². The number of aryl methyl sites for hydroxylation is 1. The van der Waals surface area contributed by atoms with Crippen molar-refractivity contribution in [3.05, 3.63) is 59.7 Å². The molecule has 3 rings (SSSR count). The summed E-state index contributed by atoms with van der Waals surface area (Å²) in [4.78, 5) is 7.13. The zero-order valence-corrected chi connectivity index (χ0v) is 16.3. The molecule has 0 spiro atoms. The molecule has 2 aromatic rings. The minimum atomic E-state index is 0.309. The number of hydrogen-bond acceptors (Lipinski definition) is 3. The van der Waals surface area contributed by atoms with Gasteiger partial charge in [0, 0.05) is 37.9 Å². The summed E-state index contributed by atoms with van der Waals surface area (Å²) in [6.45, 7) is 7.77. The highest BCUT2D eigenvalue weighted by molar-refractivity contribution is 5.80. The maximum absolute atomic E-state index is 9.56. The second-order valence-electron chi connectivity index (χ2n) is 7.09. The van der Waals surface area contributed by atoms with Crippen LogP contribution in [0.5, 0.6) is 5.75 Å². The first-order valence-electron chi connectivity index (χ1n) is 9.78. The van der Waals surface area contributed by atoms with Crippen LogP contribution in [0.3, 0.4) is 0 Å². The molecule has 3 N–H and O–H groups in total. The summed E-state index contributed by atoms with van der Waals surface area (Å²) in [5.74, 6) is 1.18. The van der Waals surface area contributed by atoms with Crippen LogP contribution in [0.15, 0.2) is 53.5 Å². The lowest BCUT2D eigenvalue weighted by Crippen LogP contribution is -2.44. The molecule has 0 amide bonds. The number of nitrogens with zero attached hydrogens (tertiary/aromatic N) is 2. The highest BCUT2D eigenvalue weighted by Gasteiger charge is 2.23. The van der Waals surface area contributed by atoms with Crippen molar-refractivity contribution < 1.29 is 5.11 Å². The summed E-state index contributed by atoms with van der Waals surface area (Å²) in [7, 11) is 0. The van der Waals surface area contributed by atoms with E-state index >= 15 is 0 Å². The number of aromatic hydroxyl groups is 1. The van der Waals surface area contributed by atoms with Crippen molar-refractivity contribution in [2.45, 2.75) is 32.7 Å². The van der Waals surface area contributed by atoms with Gasteiger partial charge in [-0.25, -0.2) is 0 Å². The second-order valence-corrected chi connectivity index (χ2v) is 7.09. The number of phenols is 1. The standard InChI is InChI=1S/C22H30N4O/c1-3-23-22(24-13-11-18-5-4-6-21(27)15-18)25-19-12-14-26(16-19)20-9-7-17(2)8-10-20/h4-10,15,19,27H,3,11-14,16H2,1-2H3,(H2,23,24,25). The van der Waals surface area contributed by atoms with Crippen molar-refractivity contribution in [1.29, 1.82) is 0 Å². The Morgan fingerprint density at radius 2 is 2.04 bits per heavy atom. The average molecular weight is 367 g/mol. The lowest BCUT2D eigenvalue weighted by atomic mass is 10.1. The molecule has 0 saturated carbocycles. The molecule has 5 heteroatoms. The fourth-order valence-electron chi connectivity index (χ4n) is 3.39. The monoisotopic (exact) mass is 366 g/mol. The molecule has 0 aliphatic carbocycles. The van der Waals surface area contributed by atoms with Gasteiger partial charge in [-0.1, -0.05) is 29.8 Å². The van der Waals surface area contributed by atoms with E-state index in [1.807, 2.05) is 12.1 Å². The first-order chi connectivity index (χ1) is 13.1. The van der Waals surface area contributed by atoms with Crippen LogP contribution >= 0.6 is 0 Å². The summed E-state index contributed by atoms with van der Waals surface area (Å²) in [5, 5.41) is 16.5. The largest absolute Gasteiger partial charge is 0.508 e. The van der Waals surface area contributed by atoms with E-state index in [0.29, 0.717) is 18.3 Å². The van der Waals surface area contributed by atoms with Gasteiger partial charge in [0.05, 0.1) is 0 Å². The van der Waals surface area contributed by atoms with Crippen LogP contribution in [0.4, 0.5) is 5.69 Å². The molecule has 1 atom stereocenters. The summed E-state index contributed by atoms with van der Waals surface area (Å²) in [6.07, 6.45) is 1.91. The van der Waals surface area contributed by atoms with Crippen LogP contribution in [-0.2, 0) is 6.42 Å². The van der Waals surface area contributed by atoms with Crippen molar-refractivity contribution in [2.24, 2.45) is 4.99 Å². The zero-order chi connectivity index (χ0) is 19.1. The van der Waals surface area contributed by atoms with Crippen LogP contribution < -0.4 is 15.5 Å². The second kappa shape index (κ2) is 9.31. The van der Waals surface area contributed by atoms with Gasteiger partial charge in [0.25, 0.3) is 0 Å². The van der Waals surface area contributed by atoms with Gasteiger partial charge >= 0.3 is 0 Å². The number of hydrogen-bond donors (Lipinski definition) is 3. The Kier molecular flexibility index (Phi) is 6.58. The third-order valence-corrected chi connectivity index (χ3v) is 4.85. The molecule has 0 aromatic heterocycles. The number of guanidine groups is 1. The van der Waals surface area contributed by atoms with Crippen molar-refractivity contribution in [3.8, 4) is 5.75 Å². The predicted molar refractivity (Wildman–Crippen MR) is 113 cm³/mol. The average Bonchev–Trinajstić information content (AvgIpc) is 3.11. The Labute approximate surface area is 162 Å². The minimum Gasteiger partial charge on any atom is -0.508 e. The first-order valence-corrected chi connectivity index (χ1v) is 9.78. The maximum atomic E-state index is 9.56. The lowest BCUT2D eigenvalue weighted by molar-refractivity contribution is 0.474. The molecule has 5 nitrogen and oxygen atoms in total. The minimum absolute atomic E-state index is 0.309. The van der Waals surface area contributed by atoms with Crippen molar-refractivity contribution >= 4 is 11.6 Å². The number of rotatable bonds is 6. The van der Waals surface area contributed by atoms with E-state index < -0.39 is 0 Å². The van der Waals surface area contributed by atoms with E-state index in [0.717, 1.165) is 44.0 Å². The topological polar surface area (TPSA) is 59.9 Å². The van der Waals surface area contributed by atoms with Gasteiger partial charge in [-0.2, -0.15) is 0 Å². The summed E-state index contributed by atoms with van der Waals surface area (Å²) in [6, 6.07) is 16.5. The van der Waals surface area contributed by atoms with Crippen molar-refractivity contribution in [1.82, 2.24) is 10.6 Å². The predicted octanol–water partition coefficient (Wildman–Crippen LogP) is 3.08. The third kappa shape index (κ3) is 5.64. The SMILES string of the molecule is CCNC(=NCCc1cccc(O)c1)NC1CCN(c2ccc(C)cc2)C1. The molecule has 1 aliphatic heterocycles. The number of phenolic OH excluding ortho intramolecular Hbond substituents is 1. The number of aliphatic imine (C=N–C) groups is 1. The Bertz CT molecular complexity index is 757. The van der Waals surface area contributed by atoms with E-state index in [2.05, 4.69) is 53.6 Å². The zero-order valence-electron chi connectivity index (χ0n) is 16.3. The van der Waals surface area contributed by atoms with Crippen molar-refractivity contribution in [2.75, 3.05) is 31.1 Å². The molecular weight excluding hydrogens is 336 g/mol. The molecule has 1 heterocycles. The smallest absolute Gasteiger partial charge is 0.191 e. The molecule has 1 saturated heterocycles. The molecular formula is C22H30N4O. The maximum Gasteiger partial charge on any atom is 0.191 e. The van der Waals surface area contributed by atoms with E-state index in [1.165, 1.54) is 11.3 Å². The lowest BCUT2D eigenvalue weighted by Gasteiger charge is -2.20. The van der Waals surface area contributed by atoms with Crippen LogP contribution in [0.2, 0.25) is 0 Å². The number of nitrogens with one attached hydrogen (secondary N) is 2. The molecule has 1 fully saturated rings. The van der Waals surface area contributed by atoms with Crippen LogP contribution in [0, 0.1) is 6.92 Å². The van der Waals surface area contributed by atoms with E-state index in [9.17, 15) is 5.11 Å². The van der Waals surface area contributed by atoms with Gasteiger partial charge in [0.2, 0.25) is 0 Å². The Morgan fingerprint density at radius 3 is 2.78 bits per heavy atom. The van der Waals surface area contributed by atoms with Gasteiger partial charge in [0.15, 0.2) is 5.96 Å². The van der Waals surface area contributed by atoms with Gasteiger partial charge in [-0.05, 0) is 56.5 Å². The van der Waals surface area contributed by atoms with Crippen molar-refractivity contribution in [3.63, 3.8) is 0 Å². The molecule has 1 aliphatic rings. The number of benzene rings is 2. The highest BCUT2D eigenvalue weighted by Crippen LogP contribution is 2.20. The molecule has 27 heavy (non-hydrogen) atoms. The van der Waals surface area contributed by atoms with Crippen LogP contribution in [0.25, 0.3) is 0 Å². The molecule has 144 valence electrons. The summed E-state index contributed by atoms with van der Waals surface area (Å²) >= 11 is 0. The Balaban J connectivity index is 1.53. The molecule has 2 aromatic carbocycles. The summed E-state index contributed by atoms with van der Waals surface area (Å²) in [5.41, 5.74) is 3.68. The Hall–Kier alpha value is -2.69. The van der Waals surface area contributed by atoms with E-state index in [1.54, 1.807) is 12.1 Å². The summed E-state index contributed by atoms with van der Waals surface area (Å²) < 4.78 is 0. The quantitative estimate of drug-likeness (QED) is 0.543. The van der Waals surface area contributed by atoms with Gasteiger partial charge in [0.1, 0.15) is 5.75 Å². The Morgan fingerprint density at radius 1 is 1.22 bits per heavy atom.